The fourth-order valence-corrected chi connectivity index (χ4v) is 2.46. The van der Waals surface area contributed by atoms with E-state index in [1.807, 2.05) is 19.9 Å². The molecule has 0 aliphatic carbocycles. The summed E-state index contributed by atoms with van der Waals surface area (Å²) >= 11 is 1.41. The molecule has 1 aromatic heterocycles. The number of ketones is 1. The van der Waals surface area contributed by atoms with E-state index in [1.54, 1.807) is 6.07 Å². The van der Waals surface area contributed by atoms with Gasteiger partial charge in [0, 0.05) is 17.8 Å². The Balaban J connectivity index is 2.33. The fraction of sp³-hybridized carbons (Fsp3) is 0.533. The van der Waals surface area contributed by atoms with Crippen LogP contribution in [0.4, 0.5) is 0 Å². The van der Waals surface area contributed by atoms with Crippen LogP contribution in [-0.4, -0.2) is 30.3 Å². The largest absolute Gasteiger partial charge is 0.453 e. The number of carbonyl (C=O) groups is 3. The van der Waals surface area contributed by atoms with Crippen molar-refractivity contribution >= 4 is 29.0 Å². The molecule has 0 fully saturated rings. The smallest absolute Gasteiger partial charge is 0.307 e. The van der Waals surface area contributed by atoms with E-state index in [0.29, 0.717) is 11.4 Å². The first-order valence-corrected chi connectivity index (χ1v) is 7.82. The minimum atomic E-state index is -0.830. The van der Waals surface area contributed by atoms with Crippen molar-refractivity contribution in [1.82, 2.24) is 5.32 Å². The summed E-state index contributed by atoms with van der Waals surface area (Å²) in [5.41, 5.74) is 0. The molecule has 1 amide bonds. The van der Waals surface area contributed by atoms with E-state index in [-0.39, 0.29) is 24.5 Å². The zero-order valence-electron chi connectivity index (χ0n) is 12.6. The number of Topliss-reactive ketones (excluding diaryl/α,β-unsaturated/α-hetero) is 1. The second-order valence-corrected chi connectivity index (χ2v) is 6.04. The number of amides is 1. The highest BCUT2D eigenvalue weighted by Gasteiger charge is 2.18. The predicted molar refractivity (Wildman–Crippen MR) is 81.5 cm³/mol. The molecule has 0 spiro atoms. The molecule has 1 aromatic rings. The number of ether oxygens (including phenoxy) is 1. The van der Waals surface area contributed by atoms with Crippen LogP contribution in [0.25, 0.3) is 0 Å². The minimum absolute atomic E-state index is 0.0127. The summed E-state index contributed by atoms with van der Waals surface area (Å²) in [6.45, 7) is 5.94. The maximum Gasteiger partial charge on any atom is 0.307 e. The van der Waals surface area contributed by atoms with Gasteiger partial charge in [0.15, 0.2) is 11.9 Å². The highest BCUT2D eigenvalue weighted by molar-refractivity contribution is 7.14. The highest BCUT2D eigenvalue weighted by atomic mass is 32.1. The summed E-state index contributed by atoms with van der Waals surface area (Å²) in [6, 6.07) is 3.63. The minimum Gasteiger partial charge on any atom is -0.453 e. The van der Waals surface area contributed by atoms with E-state index >= 15 is 0 Å². The van der Waals surface area contributed by atoms with Gasteiger partial charge in [-0.3, -0.25) is 14.4 Å². The number of hydrogen-bond donors (Lipinski definition) is 1. The summed E-state index contributed by atoms with van der Waals surface area (Å²) in [6.07, 6.45) is 0.0767. The Bertz CT molecular complexity index is 510. The van der Waals surface area contributed by atoms with Crippen LogP contribution in [-0.2, 0) is 14.3 Å². The average molecular weight is 311 g/mol. The average Bonchev–Trinajstić information content (AvgIpc) is 2.88. The van der Waals surface area contributed by atoms with E-state index < -0.39 is 12.1 Å². The van der Waals surface area contributed by atoms with Crippen molar-refractivity contribution in [3.63, 3.8) is 0 Å². The van der Waals surface area contributed by atoms with Gasteiger partial charge < -0.3 is 10.1 Å². The molecular formula is C15H21NO4S. The van der Waals surface area contributed by atoms with Crippen molar-refractivity contribution in [3.05, 3.63) is 21.9 Å². The first-order valence-electron chi connectivity index (χ1n) is 7.00. The van der Waals surface area contributed by atoms with Crippen LogP contribution in [0.1, 0.15) is 47.7 Å². The first-order chi connectivity index (χ1) is 9.93. The Labute approximate surface area is 128 Å². The van der Waals surface area contributed by atoms with Crippen LogP contribution in [0.15, 0.2) is 12.1 Å². The molecule has 0 aliphatic rings. The summed E-state index contributed by atoms with van der Waals surface area (Å²) < 4.78 is 5.00. The van der Waals surface area contributed by atoms with Gasteiger partial charge in [0.2, 0.25) is 0 Å². The Morgan fingerprint density at radius 2 is 2.00 bits per heavy atom. The van der Waals surface area contributed by atoms with Crippen LogP contribution in [0.5, 0.6) is 0 Å². The van der Waals surface area contributed by atoms with Crippen LogP contribution >= 0.6 is 11.3 Å². The topological polar surface area (TPSA) is 72.5 Å². The maximum atomic E-state index is 11.8. The Morgan fingerprint density at radius 1 is 1.29 bits per heavy atom. The summed E-state index contributed by atoms with van der Waals surface area (Å²) in [4.78, 5) is 36.7. The molecule has 5 nitrogen and oxygen atoms in total. The lowest BCUT2D eigenvalue weighted by Gasteiger charge is -2.12. The van der Waals surface area contributed by atoms with Gasteiger partial charge in [0.1, 0.15) is 0 Å². The van der Waals surface area contributed by atoms with Crippen LogP contribution in [0, 0.1) is 6.92 Å². The molecule has 1 unspecified atom stereocenters. The van der Waals surface area contributed by atoms with Gasteiger partial charge >= 0.3 is 5.97 Å². The third-order valence-corrected chi connectivity index (χ3v) is 3.84. The van der Waals surface area contributed by atoms with Gasteiger partial charge in [-0.25, -0.2) is 0 Å². The van der Waals surface area contributed by atoms with Gasteiger partial charge in [0.05, 0.1) is 11.3 Å². The van der Waals surface area contributed by atoms with Crippen molar-refractivity contribution in [1.29, 1.82) is 0 Å². The standard InChI is InChI=1S/C15H21NO4S/c1-4-9-16-15(19)11(3)20-14(18)8-6-12(17)13-7-5-10(2)21-13/h5,7,11H,4,6,8-9H2,1-3H3,(H,16,19). The number of rotatable bonds is 8. The quantitative estimate of drug-likeness (QED) is 0.591. The normalized spacial score (nSPS) is 11.8. The number of carbonyl (C=O) groups excluding carboxylic acids is 3. The Kier molecular flexibility index (Phi) is 7.08. The molecule has 1 N–H and O–H groups in total. The van der Waals surface area contributed by atoms with Gasteiger partial charge in [0.25, 0.3) is 5.91 Å². The molecular weight excluding hydrogens is 290 g/mol. The van der Waals surface area contributed by atoms with E-state index in [1.165, 1.54) is 18.3 Å². The predicted octanol–water partition coefficient (Wildman–Crippen LogP) is 2.48. The van der Waals surface area contributed by atoms with Crippen molar-refractivity contribution in [2.24, 2.45) is 0 Å². The van der Waals surface area contributed by atoms with Crippen molar-refractivity contribution in [2.45, 2.75) is 46.1 Å². The first kappa shape index (κ1) is 17.4. The molecule has 1 heterocycles. The molecule has 0 aromatic carbocycles. The Morgan fingerprint density at radius 3 is 2.57 bits per heavy atom. The SMILES string of the molecule is CCCNC(=O)C(C)OC(=O)CCC(=O)c1ccc(C)s1. The lowest BCUT2D eigenvalue weighted by atomic mass is 10.2. The zero-order chi connectivity index (χ0) is 15.8. The summed E-state index contributed by atoms with van der Waals surface area (Å²) in [5.74, 6) is -0.922. The van der Waals surface area contributed by atoms with E-state index in [9.17, 15) is 14.4 Å². The lowest BCUT2D eigenvalue weighted by Crippen LogP contribution is -2.36. The molecule has 0 bridgehead atoms. The van der Waals surface area contributed by atoms with Gasteiger partial charge in [-0.15, -0.1) is 11.3 Å². The number of aryl methyl sites for hydroxylation is 1. The van der Waals surface area contributed by atoms with Crippen molar-refractivity contribution in [2.75, 3.05) is 6.54 Å². The number of hydrogen-bond acceptors (Lipinski definition) is 5. The van der Waals surface area contributed by atoms with E-state index in [2.05, 4.69) is 5.32 Å². The summed E-state index contributed by atoms with van der Waals surface area (Å²) in [5, 5.41) is 2.65. The maximum absolute atomic E-state index is 11.8. The lowest BCUT2D eigenvalue weighted by molar-refractivity contribution is -0.154. The van der Waals surface area contributed by atoms with Crippen LogP contribution < -0.4 is 5.32 Å². The third-order valence-electron chi connectivity index (χ3n) is 2.80. The molecule has 116 valence electrons. The summed E-state index contributed by atoms with van der Waals surface area (Å²) in [7, 11) is 0. The van der Waals surface area contributed by atoms with Gasteiger partial charge in [-0.1, -0.05) is 6.92 Å². The molecule has 1 rings (SSSR count). The van der Waals surface area contributed by atoms with Gasteiger partial charge in [-0.05, 0) is 32.4 Å². The molecule has 0 aliphatic heterocycles. The van der Waals surface area contributed by atoms with Gasteiger partial charge in [-0.2, -0.15) is 0 Å². The monoisotopic (exact) mass is 311 g/mol. The van der Waals surface area contributed by atoms with Crippen LogP contribution in [0.3, 0.4) is 0 Å². The highest BCUT2D eigenvalue weighted by Crippen LogP contribution is 2.17. The molecule has 1 atom stereocenters. The molecule has 0 saturated heterocycles. The van der Waals surface area contributed by atoms with Crippen LogP contribution in [0.2, 0.25) is 0 Å². The zero-order valence-corrected chi connectivity index (χ0v) is 13.4. The van der Waals surface area contributed by atoms with E-state index in [4.69, 9.17) is 4.74 Å². The molecule has 0 saturated carbocycles. The van der Waals surface area contributed by atoms with E-state index in [0.717, 1.165) is 11.3 Å². The second kappa shape index (κ2) is 8.56. The number of nitrogens with one attached hydrogen (secondary N) is 1. The second-order valence-electron chi connectivity index (χ2n) is 4.76. The fourth-order valence-electron chi connectivity index (χ4n) is 1.62. The number of thiophene rings is 1. The molecule has 21 heavy (non-hydrogen) atoms. The molecule has 6 heteroatoms. The van der Waals surface area contributed by atoms with Crippen molar-refractivity contribution in [3.8, 4) is 0 Å². The Hall–Kier alpha value is -1.69. The molecule has 0 radical (unpaired) electrons. The van der Waals surface area contributed by atoms with Crippen molar-refractivity contribution < 1.29 is 19.1 Å². The third kappa shape index (κ3) is 6.08. The number of esters is 1.